The minimum atomic E-state index is -0.603. The van der Waals surface area contributed by atoms with E-state index < -0.39 is 17.7 Å². The molecule has 1 rings (SSSR count). The van der Waals surface area contributed by atoms with Crippen molar-refractivity contribution in [2.45, 2.75) is 47.1 Å². The van der Waals surface area contributed by atoms with Gasteiger partial charge < -0.3 is 9.47 Å². The maximum atomic E-state index is 12.1. The van der Waals surface area contributed by atoms with Crippen LogP contribution in [0.15, 0.2) is 12.1 Å². The first-order valence-electron chi connectivity index (χ1n) is 6.93. The summed E-state index contributed by atoms with van der Waals surface area (Å²) in [6.45, 7) is 11.1. The number of aryl methyl sites for hydroxylation is 1. The van der Waals surface area contributed by atoms with E-state index in [1.54, 1.807) is 33.8 Å². The van der Waals surface area contributed by atoms with Crippen molar-refractivity contribution in [3.63, 3.8) is 0 Å². The topological polar surface area (TPSA) is 64.6 Å². The van der Waals surface area contributed by atoms with Gasteiger partial charge in [-0.05, 0) is 58.7 Å². The normalized spacial score (nSPS) is 11.0. The van der Waals surface area contributed by atoms with E-state index in [1.165, 1.54) is 0 Å². The van der Waals surface area contributed by atoms with Gasteiger partial charge in [-0.25, -0.2) is 9.59 Å². The van der Waals surface area contributed by atoms with Crippen molar-refractivity contribution in [3.05, 3.63) is 28.8 Å². The third-order valence-electron chi connectivity index (χ3n) is 2.85. The molecule has 0 bridgehead atoms. The molecule has 1 aromatic carbocycles. The molecule has 116 valence electrons. The van der Waals surface area contributed by atoms with E-state index in [0.717, 1.165) is 11.1 Å². The second kappa shape index (κ2) is 6.61. The number of ether oxygens (including phenoxy) is 2. The van der Waals surface area contributed by atoms with Crippen LogP contribution in [0.3, 0.4) is 0 Å². The number of carbonyl (C=O) groups is 2. The van der Waals surface area contributed by atoms with E-state index in [1.807, 2.05) is 19.9 Å². The highest BCUT2D eigenvalue weighted by Gasteiger charge is 2.21. The fraction of sp³-hybridized carbons (Fsp3) is 0.500. The standard InChI is InChI=1S/C16H23NO4/c1-7-20-14(18)13-11(3)10(2)8-9-12(13)17-15(19)21-16(4,5)6/h8-9H,7H2,1-6H3,(H,17,19). The van der Waals surface area contributed by atoms with Gasteiger partial charge in [-0.1, -0.05) is 6.07 Å². The molecule has 0 heterocycles. The summed E-state index contributed by atoms with van der Waals surface area (Å²) in [4.78, 5) is 24.0. The minimum Gasteiger partial charge on any atom is -0.462 e. The molecule has 1 N–H and O–H groups in total. The van der Waals surface area contributed by atoms with Crippen LogP contribution in [0.2, 0.25) is 0 Å². The second-order valence-electron chi connectivity index (χ2n) is 5.78. The summed E-state index contributed by atoms with van der Waals surface area (Å²) in [5.41, 5.74) is 1.89. The summed E-state index contributed by atoms with van der Waals surface area (Å²) in [5.74, 6) is -0.454. The Kier molecular flexibility index (Phi) is 5.35. The van der Waals surface area contributed by atoms with Gasteiger partial charge in [0, 0.05) is 0 Å². The lowest BCUT2D eigenvalue weighted by Gasteiger charge is -2.21. The third-order valence-corrected chi connectivity index (χ3v) is 2.85. The molecule has 0 aromatic heterocycles. The molecule has 1 aromatic rings. The van der Waals surface area contributed by atoms with E-state index in [9.17, 15) is 9.59 Å². The zero-order valence-corrected chi connectivity index (χ0v) is 13.5. The van der Waals surface area contributed by atoms with Crippen LogP contribution < -0.4 is 5.32 Å². The number of carbonyl (C=O) groups excluding carboxylic acids is 2. The average molecular weight is 293 g/mol. The SMILES string of the molecule is CCOC(=O)c1c(NC(=O)OC(C)(C)C)ccc(C)c1C. The van der Waals surface area contributed by atoms with Crippen molar-refractivity contribution in [2.75, 3.05) is 11.9 Å². The molecule has 0 saturated carbocycles. The number of benzene rings is 1. The van der Waals surface area contributed by atoms with Gasteiger partial charge >= 0.3 is 12.1 Å². The van der Waals surface area contributed by atoms with Crippen LogP contribution in [-0.2, 0) is 9.47 Å². The molecular weight excluding hydrogens is 270 g/mol. The lowest BCUT2D eigenvalue weighted by Crippen LogP contribution is -2.28. The van der Waals surface area contributed by atoms with Crippen molar-refractivity contribution >= 4 is 17.7 Å². The first-order valence-corrected chi connectivity index (χ1v) is 6.93. The maximum absolute atomic E-state index is 12.1. The quantitative estimate of drug-likeness (QED) is 0.860. The van der Waals surface area contributed by atoms with Gasteiger partial charge in [0.05, 0.1) is 17.9 Å². The van der Waals surface area contributed by atoms with Crippen LogP contribution in [0, 0.1) is 13.8 Å². The monoisotopic (exact) mass is 293 g/mol. The van der Waals surface area contributed by atoms with E-state index in [0.29, 0.717) is 11.3 Å². The number of rotatable bonds is 3. The Balaban J connectivity index is 3.10. The smallest absolute Gasteiger partial charge is 0.412 e. The van der Waals surface area contributed by atoms with Gasteiger partial charge in [0.1, 0.15) is 5.60 Å². The Bertz CT molecular complexity index is 544. The lowest BCUT2D eigenvalue weighted by atomic mass is 10.0. The molecule has 0 aliphatic carbocycles. The van der Waals surface area contributed by atoms with Crippen molar-refractivity contribution in [1.29, 1.82) is 0 Å². The predicted molar refractivity (Wildman–Crippen MR) is 81.7 cm³/mol. The van der Waals surface area contributed by atoms with Crippen molar-refractivity contribution in [1.82, 2.24) is 0 Å². The summed E-state index contributed by atoms with van der Waals surface area (Å²) in [6, 6.07) is 3.52. The summed E-state index contributed by atoms with van der Waals surface area (Å²) < 4.78 is 10.3. The fourth-order valence-corrected chi connectivity index (χ4v) is 1.80. The van der Waals surface area contributed by atoms with E-state index in [-0.39, 0.29) is 6.61 Å². The molecule has 0 fully saturated rings. The first-order chi connectivity index (χ1) is 9.65. The van der Waals surface area contributed by atoms with Crippen LogP contribution in [0.1, 0.15) is 49.2 Å². The maximum Gasteiger partial charge on any atom is 0.412 e. The zero-order valence-electron chi connectivity index (χ0n) is 13.5. The van der Waals surface area contributed by atoms with E-state index in [2.05, 4.69) is 5.32 Å². The first kappa shape index (κ1) is 17.0. The highest BCUT2D eigenvalue weighted by Crippen LogP contribution is 2.24. The Morgan fingerprint density at radius 1 is 1.19 bits per heavy atom. The Morgan fingerprint density at radius 3 is 2.33 bits per heavy atom. The Hall–Kier alpha value is -2.04. The highest BCUT2D eigenvalue weighted by molar-refractivity contribution is 6.01. The molecule has 0 atom stereocenters. The molecule has 21 heavy (non-hydrogen) atoms. The number of hydrogen-bond donors (Lipinski definition) is 1. The van der Waals surface area contributed by atoms with E-state index >= 15 is 0 Å². The van der Waals surface area contributed by atoms with Gasteiger partial charge in [0.2, 0.25) is 0 Å². The van der Waals surface area contributed by atoms with Crippen LogP contribution in [0.25, 0.3) is 0 Å². The predicted octanol–water partition coefficient (Wildman–Crippen LogP) is 3.83. The summed E-state index contributed by atoms with van der Waals surface area (Å²) in [6.07, 6.45) is -0.601. The van der Waals surface area contributed by atoms with Gasteiger partial charge in [0.15, 0.2) is 0 Å². The molecule has 0 radical (unpaired) electrons. The molecule has 0 saturated heterocycles. The Labute approximate surface area is 125 Å². The van der Waals surface area contributed by atoms with Crippen LogP contribution >= 0.6 is 0 Å². The largest absolute Gasteiger partial charge is 0.462 e. The van der Waals surface area contributed by atoms with E-state index in [4.69, 9.17) is 9.47 Å². The fourth-order valence-electron chi connectivity index (χ4n) is 1.80. The average Bonchev–Trinajstić information content (AvgIpc) is 2.32. The molecule has 0 aliphatic rings. The molecule has 1 amide bonds. The Morgan fingerprint density at radius 2 is 1.81 bits per heavy atom. The van der Waals surface area contributed by atoms with Crippen molar-refractivity contribution in [3.8, 4) is 0 Å². The van der Waals surface area contributed by atoms with Gasteiger partial charge in [0.25, 0.3) is 0 Å². The minimum absolute atomic E-state index is 0.276. The second-order valence-corrected chi connectivity index (χ2v) is 5.78. The van der Waals surface area contributed by atoms with Crippen LogP contribution in [0.5, 0.6) is 0 Å². The highest BCUT2D eigenvalue weighted by atomic mass is 16.6. The molecule has 0 unspecified atom stereocenters. The van der Waals surface area contributed by atoms with Gasteiger partial charge in [-0.3, -0.25) is 5.32 Å². The van der Waals surface area contributed by atoms with Crippen LogP contribution in [-0.4, -0.2) is 24.3 Å². The number of nitrogens with one attached hydrogen (secondary N) is 1. The summed E-state index contributed by atoms with van der Waals surface area (Å²) >= 11 is 0. The zero-order chi connectivity index (χ0) is 16.2. The molecule has 0 spiro atoms. The van der Waals surface area contributed by atoms with Crippen molar-refractivity contribution in [2.24, 2.45) is 0 Å². The van der Waals surface area contributed by atoms with Crippen LogP contribution in [0.4, 0.5) is 10.5 Å². The third kappa shape index (κ3) is 4.77. The molecular formula is C16H23NO4. The lowest BCUT2D eigenvalue weighted by molar-refractivity contribution is 0.0526. The number of hydrogen-bond acceptors (Lipinski definition) is 4. The number of amides is 1. The molecule has 5 nitrogen and oxygen atoms in total. The molecule has 0 aliphatic heterocycles. The number of anilines is 1. The number of esters is 1. The van der Waals surface area contributed by atoms with Gasteiger partial charge in [-0.15, -0.1) is 0 Å². The van der Waals surface area contributed by atoms with Crippen molar-refractivity contribution < 1.29 is 19.1 Å². The summed E-state index contributed by atoms with van der Waals surface area (Å²) in [5, 5.41) is 2.61. The molecule has 5 heteroatoms. The summed E-state index contributed by atoms with van der Waals surface area (Å²) in [7, 11) is 0. The van der Waals surface area contributed by atoms with Gasteiger partial charge in [-0.2, -0.15) is 0 Å².